The Morgan fingerprint density at radius 2 is 1.52 bits per heavy atom. The maximum absolute atomic E-state index is 6.57. The Morgan fingerprint density at radius 1 is 0.952 bits per heavy atom. The topological polar surface area (TPSA) is 26.0 Å². The van der Waals surface area contributed by atoms with Gasteiger partial charge in [-0.2, -0.15) is 0 Å². The van der Waals surface area contributed by atoms with Crippen LogP contribution >= 0.6 is 0 Å². The fourth-order valence-electron chi connectivity index (χ4n) is 3.85. The second-order valence-corrected chi connectivity index (χ2v) is 9.64. The van der Waals surface area contributed by atoms with Crippen molar-refractivity contribution in [2.24, 2.45) is 17.1 Å². The van der Waals surface area contributed by atoms with Gasteiger partial charge < -0.3 is 5.73 Å². The fourth-order valence-corrected chi connectivity index (χ4v) is 3.85. The summed E-state index contributed by atoms with van der Waals surface area (Å²) < 4.78 is 0. The maximum atomic E-state index is 6.57. The average Bonchev–Trinajstić information content (AvgIpc) is 2.64. The van der Waals surface area contributed by atoms with Crippen LogP contribution in [0, 0.1) is 11.3 Å². The minimum absolute atomic E-state index is 0.174. The standard InChI is InChI=1S/C20H33N/c1-18(2,3)14-9-10-15-13(11-14)12-16(19(4,5)6)17(15)20(7,8)21/h9-11,16-17H,12,21H2,1-8H3. The minimum atomic E-state index is -0.174. The maximum Gasteiger partial charge on any atom is 0.0169 e. The van der Waals surface area contributed by atoms with Gasteiger partial charge in [-0.1, -0.05) is 59.7 Å². The van der Waals surface area contributed by atoms with E-state index >= 15 is 0 Å². The molecule has 1 aliphatic rings. The molecule has 0 amide bonds. The molecule has 2 rings (SSSR count). The number of hydrogen-bond acceptors (Lipinski definition) is 1. The van der Waals surface area contributed by atoms with E-state index in [0.29, 0.717) is 11.8 Å². The van der Waals surface area contributed by atoms with Gasteiger partial charge in [0.2, 0.25) is 0 Å². The summed E-state index contributed by atoms with van der Waals surface area (Å²) in [6.07, 6.45) is 1.16. The molecule has 2 unspecified atom stereocenters. The van der Waals surface area contributed by atoms with Gasteiger partial charge in [-0.25, -0.2) is 0 Å². The summed E-state index contributed by atoms with van der Waals surface area (Å²) in [5.41, 5.74) is 11.3. The van der Waals surface area contributed by atoms with Gasteiger partial charge in [0.05, 0.1) is 0 Å². The van der Waals surface area contributed by atoms with Crippen molar-refractivity contribution in [2.75, 3.05) is 0 Å². The number of nitrogens with two attached hydrogens (primary N) is 1. The van der Waals surface area contributed by atoms with E-state index in [1.54, 1.807) is 0 Å². The molecule has 0 spiro atoms. The van der Waals surface area contributed by atoms with Gasteiger partial charge in [0, 0.05) is 11.5 Å². The molecule has 21 heavy (non-hydrogen) atoms. The zero-order valence-electron chi connectivity index (χ0n) is 15.2. The Balaban J connectivity index is 2.52. The van der Waals surface area contributed by atoms with E-state index in [-0.39, 0.29) is 16.4 Å². The number of benzene rings is 1. The highest BCUT2D eigenvalue weighted by Crippen LogP contribution is 2.51. The van der Waals surface area contributed by atoms with Gasteiger partial charge in [0.1, 0.15) is 0 Å². The van der Waals surface area contributed by atoms with Crippen molar-refractivity contribution in [1.82, 2.24) is 0 Å². The van der Waals surface area contributed by atoms with Crippen molar-refractivity contribution in [2.45, 2.75) is 78.7 Å². The lowest BCUT2D eigenvalue weighted by Gasteiger charge is -2.39. The van der Waals surface area contributed by atoms with Crippen molar-refractivity contribution < 1.29 is 0 Å². The molecular weight excluding hydrogens is 254 g/mol. The summed E-state index contributed by atoms with van der Waals surface area (Å²) in [6, 6.07) is 7.09. The van der Waals surface area contributed by atoms with Crippen LogP contribution in [0.5, 0.6) is 0 Å². The number of fused-ring (bicyclic) bond motifs is 1. The molecule has 0 bridgehead atoms. The van der Waals surface area contributed by atoms with Crippen LogP contribution in [-0.2, 0) is 11.8 Å². The van der Waals surface area contributed by atoms with Crippen LogP contribution in [0.1, 0.15) is 78.0 Å². The Morgan fingerprint density at radius 3 is 1.95 bits per heavy atom. The Labute approximate surface area is 131 Å². The quantitative estimate of drug-likeness (QED) is 0.771. The lowest BCUT2D eigenvalue weighted by Crippen LogP contribution is -2.44. The van der Waals surface area contributed by atoms with Crippen LogP contribution in [0.4, 0.5) is 0 Å². The molecule has 1 nitrogen and oxygen atoms in total. The van der Waals surface area contributed by atoms with Crippen LogP contribution in [0.2, 0.25) is 0 Å². The van der Waals surface area contributed by atoms with E-state index < -0.39 is 0 Å². The molecule has 0 saturated carbocycles. The predicted octanol–water partition coefficient (Wildman–Crippen LogP) is 5.02. The lowest BCUT2D eigenvalue weighted by atomic mass is 9.67. The molecule has 118 valence electrons. The van der Waals surface area contributed by atoms with E-state index in [1.807, 2.05) is 0 Å². The zero-order valence-corrected chi connectivity index (χ0v) is 15.2. The second kappa shape index (κ2) is 4.84. The Bertz CT molecular complexity index is 520. The van der Waals surface area contributed by atoms with E-state index in [9.17, 15) is 0 Å². The summed E-state index contributed by atoms with van der Waals surface area (Å²) in [5.74, 6) is 1.06. The Kier molecular flexibility index (Phi) is 3.82. The summed E-state index contributed by atoms with van der Waals surface area (Å²) in [4.78, 5) is 0. The molecule has 0 aromatic heterocycles. The molecule has 0 aliphatic heterocycles. The average molecular weight is 287 g/mol. The van der Waals surface area contributed by atoms with E-state index in [1.165, 1.54) is 16.7 Å². The second-order valence-electron chi connectivity index (χ2n) is 9.64. The van der Waals surface area contributed by atoms with Crippen LogP contribution in [0.15, 0.2) is 18.2 Å². The summed E-state index contributed by atoms with van der Waals surface area (Å²) in [7, 11) is 0. The first-order chi connectivity index (χ1) is 9.32. The van der Waals surface area contributed by atoms with Crippen LogP contribution in [-0.4, -0.2) is 5.54 Å². The van der Waals surface area contributed by atoms with Gasteiger partial charge >= 0.3 is 0 Å². The first-order valence-corrected chi connectivity index (χ1v) is 8.24. The normalized spacial score (nSPS) is 23.3. The molecule has 0 fully saturated rings. The highest BCUT2D eigenvalue weighted by Gasteiger charge is 2.45. The smallest absolute Gasteiger partial charge is 0.0169 e. The third kappa shape index (κ3) is 3.18. The lowest BCUT2D eigenvalue weighted by molar-refractivity contribution is 0.172. The van der Waals surface area contributed by atoms with Gasteiger partial charge in [-0.3, -0.25) is 0 Å². The van der Waals surface area contributed by atoms with Crippen molar-refractivity contribution in [3.63, 3.8) is 0 Å². The summed E-state index contributed by atoms with van der Waals surface area (Å²) >= 11 is 0. The van der Waals surface area contributed by atoms with Crippen LogP contribution in [0.25, 0.3) is 0 Å². The van der Waals surface area contributed by atoms with E-state index in [2.05, 4.69) is 73.6 Å². The largest absolute Gasteiger partial charge is 0.325 e. The van der Waals surface area contributed by atoms with Crippen molar-refractivity contribution >= 4 is 0 Å². The first kappa shape index (κ1) is 16.5. The first-order valence-electron chi connectivity index (χ1n) is 8.24. The third-order valence-electron chi connectivity index (χ3n) is 5.10. The Hall–Kier alpha value is -0.820. The molecular formula is C20H33N. The van der Waals surface area contributed by atoms with Gasteiger partial charge in [-0.05, 0) is 53.7 Å². The molecule has 2 N–H and O–H groups in total. The molecule has 1 heteroatoms. The van der Waals surface area contributed by atoms with E-state index in [0.717, 1.165) is 6.42 Å². The van der Waals surface area contributed by atoms with Gasteiger partial charge in [0.25, 0.3) is 0 Å². The van der Waals surface area contributed by atoms with Crippen LogP contribution < -0.4 is 5.73 Å². The van der Waals surface area contributed by atoms with Gasteiger partial charge in [-0.15, -0.1) is 0 Å². The van der Waals surface area contributed by atoms with Crippen molar-refractivity contribution in [3.05, 3.63) is 34.9 Å². The zero-order chi connectivity index (χ0) is 16.2. The fraction of sp³-hybridized carbons (Fsp3) is 0.700. The molecule has 1 aromatic carbocycles. The third-order valence-corrected chi connectivity index (χ3v) is 5.10. The monoisotopic (exact) mass is 287 g/mol. The molecule has 1 aliphatic carbocycles. The number of hydrogen-bond donors (Lipinski definition) is 1. The molecule has 0 heterocycles. The summed E-state index contributed by atoms with van der Waals surface area (Å²) in [5, 5.41) is 0. The SMILES string of the molecule is CC(C)(C)c1ccc2c(c1)CC(C(C)(C)C)C2C(C)(C)N. The molecule has 0 saturated heterocycles. The van der Waals surface area contributed by atoms with Crippen molar-refractivity contribution in [1.29, 1.82) is 0 Å². The van der Waals surface area contributed by atoms with Crippen LogP contribution in [0.3, 0.4) is 0 Å². The van der Waals surface area contributed by atoms with E-state index in [4.69, 9.17) is 5.73 Å². The molecule has 2 atom stereocenters. The minimum Gasteiger partial charge on any atom is -0.325 e. The highest BCUT2D eigenvalue weighted by molar-refractivity contribution is 5.43. The molecule has 1 aromatic rings. The highest BCUT2D eigenvalue weighted by atomic mass is 14.7. The van der Waals surface area contributed by atoms with Crippen molar-refractivity contribution in [3.8, 4) is 0 Å². The summed E-state index contributed by atoms with van der Waals surface area (Å²) in [6.45, 7) is 18.3. The predicted molar refractivity (Wildman–Crippen MR) is 92.8 cm³/mol. The van der Waals surface area contributed by atoms with Gasteiger partial charge in [0.15, 0.2) is 0 Å². The molecule has 0 radical (unpaired) electrons. The number of rotatable bonds is 1.